The van der Waals surface area contributed by atoms with Crippen molar-refractivity contribution >= 4 is 28.3 Å². The minimum Gasteiger partial charge on any atom is -0.403 e. The maximum absolute atomic E-state index is 12.0. The Balaban J connectivity index is 3.12. The molecule has 0 atom stereocenters. The van der Waals surface area contributed by atoms with Crippen LogP contribution in [-0.2, 0) is 6.54 Å². The minimum absolute atomic E-state index is 0.0447. The maximum atomic E-state index is 12.0. The number of hydrogen-bond donors (Lipinski definition) is 2. The Labute approximate surface area is 96.9 Å². The number of aromatic nitrogens is 1. The summed E-state index contributed by atoms with van der Waals surface area (Å²) in [5.41, 5.74) is 10.7. The van der Waals surface area contributed by atoms with Crippen LogP contribution in [0, 0.1) is 3.70 Å². The standard InChI is InChI=1S/C7H7F3IN3O/c8-7(9,10)15-4-1-5(11)14-3(2-12)6(4)13/h1H,2,12-13H2. The largest absolute Gasteiger partial charge is 0.573 e. The lowest BCUT2D eigenvalue weighted by atomic mass is 10.3. The minimum atomic E-state index is -4.77. The zero-order chi connectivity index (χ0) is 11.6. The first-order chi connectivity index (χ1) is 6.83. The number of rotatable bonds is 2. The van der Waals surface area contributed by atoms with Gasteiger partial charge in [0, 0.05) is 12.6 Å². The van der Waals surface area contributed by atoms with Crippen molar-refractivity contribution in [3.63, 3.8) is 0 Å². The van der Waals surface area contributed by atoms with E-state index < -0.39 is 12.1 Å². The molecule has 0 saturated carbocycles. The highest BCUT2D eigenvalue weighted by molar-refractivity contribution is 14.1. The van der Waals surface area contributed by atoms with E-state index in [0.29, 0.717) is 3.70 Å². The number of anilines is 1. The fourth-order valence-corrected chi connectivity index (χ4v) is 1.49. The quantitative estimate of drug-likeness (QED) is 0.637. The molecule has 0 bridgehead atoms. The van der Waals surface area contributed by atoms with Gasteiger partial charge in [-0.1, -0.05) is 0 Å². The fourth-order valence-electron chi connectivity index (χ4n) is 0.914. The first kappa shape index (κ1) is 12.3. The Morgan fingerprint density at radius 1 is 1.47 bits per heavy atom. The lowest BCUT2D eigenvalue weighted by Crippen LogP contribution is -2.19. The zero-order valence-corrected chi connectivity index (χ0v) is 9.46. The van der Waals surface area contributed by atoms with E-state index in [-0.39, 0.29) is 17.9 Å². The van der Waals surface area contributed by atoms with Crippen LogP contribution in [0.4, 0.5) is 18.9 Å². The van der Waals surface area contributed by atoms with Crippen molar-refractivity contribution in [2.24, 2.45) is 5.73 Å². The van der Waals surface area contributed by atoms with Gasteiger partial charge in [0.2, 0.25) is 0 Å². The second-order valence-electron chi connectivity index (χ2n) is 2.56. The highest BCUT2D eigenvalue weighted by Gasteiger charge is 2.32. The number of hydrogen-bond acceptors (Lipinski definition) is 4. The van der Waals surface area contributed by atoms with Gasteiger partial charge in [0.1, 0.15) is 3.70 Å². The maximum Gasteiger partial charge on any atom is 0.573 e. The monoisotopic (exact) mass is 333 g/mol. The van der Waals surface area contributed by atoms with Crippen LogP contribution in [0.5, 0.6) is 5.75 Å². The Hall–Kier alpha value is -0.770. The van der Waals surface area contributed by atoms with Gasteiger partial charge in [-0.15, -0.1) is 13.2 Å². The summed E-state index contributed by atoms with van der Waals surface area (Å²) in [6.07, 6.45) is -4.77. The number of nitrogens with two attached hydrogens (primary N) is 2. The van der Waals surface area contributed by atoms with Crippen LogP contribution in [0.3, 0.4) is 0 Å². The zero-order valence-electron chi connectivity index (χ0n) is 7.31. The summed E-state index contributed by atoms with van der Waals surface area (Å²) in [5.74, 6) is -0.470. The van der Waals surface area contributed by atoms with E-state index in [0.717, 1.165) is 6.07 Å². The molecule has 0 aliphatic heterocycles. The molecule has 1 aromatic rings. The van der Waals surface area contributed by atoms with Gasteiger partial charge in [0.25, 0.3) is 0 Å². The average Bonchev–Trinajstić information content (AvgIpc) is 2.08. The van der Waals surface area contributed by atoms with E-state index in [9.17, 15) is 13.2 Å². The molecule has 0 radical (unpaired) electrons. The van der Waals surface area contributed by atoms with E-state index in [4.69, 9.17) is 11.5 Å². The number of nitrogen functional groups attached to an aromatic ring is 1. The smallest absolute Gasteiger partial charge is 0.403 e. The van der Waals surface area contributed by atoms with Crippen molar-refractivity contribution in [3.05, 3.63) is 15.5 Å². The molecule has 15 heavy (non-hydrogen) atoms. The van der Waals surface area contributed by atoms with Crippen molar-refractivity contribution in [3.8, 4) is 5.75 Å². The predicted octanol–water partition coefficient (Wildman–Crippen LogP) is 1.63. The third kappa shape index (κ3) is 3.38. The second-order valence-corrected chi connectivity index (χ2v) is 3.66. The van der Waals surface area contributed by atoms with Gasteiger partial charge in [-0.2, -0.15) is 0 Å². The van der Waals surface area contributed by atoms with E-state index in [1.54, 1.807) is 22.6 Å². The van der Waals surface area contributed by atoms with Crippen LogP contribution >= 0.6 is 22.6 Å². The van der Waals surface area contributed by atoms with E-state index in [1.807, 2.05) is 0 Å². The lowest BCUT2D eigenvalue weighted by Gasteiger charge is -2.13. The Morgan fingerprint density at radius 2 is 2.07 bits per heavy atom. The van der Waals surface area contributed by atoms with E-state index in [1.165, 1.54) is 0 Å². The lowest BCUT2D eigenvalue weighted by molar-refractivity contribution is -0.274. The van der Waals surface area contributed by atoms with Crippen molar-refractivity contribution in [1.82, 2.24) is 4.98 Å². The van der Waals surface area contributed by atoms with Crippen LogP contribution in [0.25, 0.3) is 0 Å². The van der Waals surface area contributed by atoms with Crippen molar-refractivity contribution in [1.29, 1.82) is 0 Å². The number of nitrogens with zero attached hydrogens (tertiary/aromatic N) is 1. The molecule has 8 heteroatoms. The highest BCUT2D eigenvalue weighted by Crippen LogP contribution is 2.30. The Kier molecular flexibility index (Phi) is 3.60. The van der Waals surface area contributed by atoms with Crippen LogP contribution < -0.4 is 16.2 Å². The molecule has 1 aromatic heterocycles. The second kappa shape index (κ2) is 4.39. The van der Waals surface area contributed by atoms with Crippen molar-refractivity contribution in [2.75, 3.05) is 5.73 Å². The number of ether oxygens (including phenoxy) is 1. The van der Waals surface area contributed by atoms with Gasteiger partial charge in [-0.25, -0.2) is 4.98 Å². The molecular formula is C7H7F3IN3O. The molecule has 0 spiro atoms. The summed E-state index contributed by atoms with van der Waals surface area (Å²) in [5, 5.41) is 0. The Bertz CT molecular complexity index is 369. The molecule has 4 N–H and O–H groups in total. The van der Waals surface area contributed by atoms with Gasteiger partial charge in [-0.3, -0.25) is 0 Å². The average molecular weight is 333 g/mol. The predicted molar refractivity (Wildman–Crippen MR) is 55.9 cm³/mol. The number of halogens is 4. The molecule has 0 aliphatic rings. The molecule has 0 saturated heterocycles. The highest BCUT2D eigenvalue weighted by atomic mass is 127. The Morgan fingerprint density at radius 3 is 2.53 bits per heavy atom. The van der Waals surface area contributed by atoms with Gasteiger partial charge in [0.05, 0.1) is 11.4 Å². The number of pyridine rings is 1. The molecular weight excluding hydrogens is 326 g/mol. The normalized spacial score (nSPS) is 11.5. The summed E-state index contributed by atoms with van der Waals surface area (Å²) in [4.78, 5) is 3.87. The van der Waals surface area contributed by atoms with E-state index >= 15 is 0 Å². The SMILES string of the molecule is NCc1nc(I)cc(OC(F)(F)F)c1N. The van der Waals surface area contributed by atoms with Crippen LogP contribution in [0.15, 0.2) is 6.07 Å². The van der Waals surface area contributed by atoms with Crippen molar-refractivity contribution < 1.29 is 17.9 Å². The van der Waals surface area contributed by atoms with Crippen LogP contribution in [0.2, 0.25) is 0 Å². The number of alkyl halides is 3. The van der Waals surface area contributed by atoms with E-state index in [2.05, 4.69) is 9.72 Å². The molecule has 4 nitrogen and oxygen atoms in total. The summed E-state index contributed by atoms with van der Waals surface area (Å²) in [6.45, 7) is -0.0447. The molecule has 0 unspecified atom stereocenters. The van der Waals surface area contributed by atoms with Gasteiger partial charge >= 0.3 is 6.36 Å². The third-order valence-electron chi connectivity index (χ3n) is 1.49. The molecule has 0 aromatic carbocycles. The van der Waals surface area contributed by atoms with Gasteiger partial charge < -0.3 is 16.2 Å². The summed E-state index contributed by atoms with van der Waals surface area (Å²) in [6, 6.07) is 1.10. The van der Waals surface area contributed by atoms with Crippen LogP contribution in [0.1, 0.15) is 5.69 Å². The molecule has 0 amide bonds. The van der Waals surface area contributed by atoms with Crippen molar-refractivity contribution in [2.45, 2.75) is 12.9 Å². The van der Waals surface area contributed by atoms with Gasteiger partial charge in [-0.05, 0) is 22.6 Å². The summed E-state index contributed by atoms with van der Waals surface area (Å²) >= 11 is 1.75. The molecule has 1 heterocycles. The first-order valence-electron chi connectivity index (χ1n) is 3.74. The van der Waals surface area contributed by atoms with Crippen LogP contribution in [-0.4, -0.2) is 11.3 Å². The third-order valence-corrected chi connectivity index (χ3v) is 2.04. The first-order valence-corrected chi connectivity index (χ1v) is 4.82. The molecule has 84 valence electrons. The molecule has 0 aliphatic carbocycles. The summed E-state index contributed by atoms with van der Waals surface area (Å²) < 4.78 is 39.9. The van der Waals surface area contributed by atoms with Gasteiger partial charge in [0.15, 0.2) is 5.75 Å². The molecule has 0 fully saturated rings. The topological polar surface area (TPSA) is 74.2 Å². The fraction of sp³-hybridized carbons (Fsp3) is 0.286. The molecule has 1 rings (SSSR count). The summed E-state index contributed by atoms with van der Waals surface area (Å²) in [7, 11) is 0.